The number of methoxy groups -OCH3 is 1. The number of nitrogens with zero attached hydrogens (tertiary/aromatic N) is 3. The first kappa shape index (κ1) is 16.3. The summed E-state index contributed by atoms with van der Waals surface area (Å²) in [4.78, 5) is 31.9. The molecule has 1 fully saturated rings. The lowest BCUT2D eigenvalue weighted by molar-refractivity contribution is -0.393. The highest BCUT2D eigenvalue weighted by Crippen LogP contribution is 2.30. The summed E-state index contributed by atoms with van der Waals surface area (Å²) in [6.45, 7) is 0. The molecule has 1 aliphatic rings. The molecule has 0 spiro atoms. The molecular weight excluding hydrogens is 308 g/mol. The molecule has 23 heavy (non-hydrogen) atoms. The van der Waals surface area contributed by atoms with E-state index in [0.717, 1.165) is 18.6 Å². The molecule has 0 saturated heterocycles. The van der Waals surface area contributed by atoms with Gasteiger partial charge in [-0.05, 0) is 25.3 Å². The van der Waals surface area contributed by atoms with Crippen molar-refractivity contribution in [2.45, 2.75) is 19.3 Å². The van der Waals surface area contributed by atoms with Crippen LogP contribution in [0.1, 0.15) is 19.3 Å². The average Bonchev–Trinajstić information content (AvgIpc) is 3.00. The van der Waals surface area contributed by atoms with Gasteiger partial charge in [0.25, 0.3) is 5.69 Å². The van der Waals surface area contributed by atoms with Crippen molar-refractivity contribution < 1.29 is 19.4 Å². The fraction of sp³-hybridized carbons (Fsp3) is 0.385. The van der Waals surface area contributed by atoms with E-state index in [9.17, 15) is 25.0 Å². The highest BCUT2D eigenvalue weighted by atomic mass is 16.6. The molecule has 10 heteroatoms. The summed E-state index contributed by atoms with van der Waals surface area (Å²) < 4.78 is 4.69. The number of ether oxygens (including phenoxy) is 1. The molecule has 2 rings (SSSR count). The number of anilines is 1. The number of carbonyl (C=O) groups is 1. The second kappa shape index (κ2) is 6.81. The van der Waals surface area contributed by atoms with Crippen LogP contribution in [0.4, 0.5) is 17.1 Å². The predicted molar refractivity (Wildman–Crippen MR) is 80.2 cm³/mol. The standard InChI is InChI=1S/C13H14N4O6/c1-23-13(18)9-3-2-4-10(9)14-15-11-6-5-8(16(19)20)7-12(11)17(21)22/h5-7,9,15H,2-4H2,1H3/b14-10+/t9-/m0/s1. The first-order chi connectivity index (χ1) is 10.9. The van der Waals surface area contributed by atoms with E-state index in [2.05, 4.69) is 15.3 Å². The van der Waals surface area contributed by atoms with Crippen molar-refractivity contribution in [3.63, 3.8) is 0 Å². The van der Waals surface area contributed by atoms with Crippen molar-refractivity contribution in [2.24, 2.45) is 11.0 Å². The zero-order valence-electron chi connectivity index (χ0n) is 12.2. The van der Waals surface area contributed by atoms with Crippen molar-refractivity contribution >= 4 is 28.7 Å². The van der Waals surface area contributed by atoms with E-state index >= 15 is 0 Å². The quantitative estimate of drug-likeness (QED) is 0.498. The zero-order valence-corrected chi connectivity index (χ0v) is 12.2. The van der Waals surface area contributed by atoms with Crippen LogP contribution < -0.4 is 5.43 Å². The lowest BCUT2D eigenvalue weighted by Gasteiger charge is -2.09. The monoisotopic (exact) mass is 322 g/mol. The lowest BCUT2D eigenvalue weighted by Crippen LogP contribution is -2.21. The second-order valence-electron chi connectivity index (χ2n) is 4.90. The Bertz CT molecular complexity index is 687. The van der Waals surface area contributed by atoms with Gasteiger partial charge in [0, 0.05) is 6.07 Å². The zero-order chi connectivity index (χ0) is 17.0. The van der Waals surface area contributed by atoms with E-state index in [0.29, 0.717) is 18.6 Å². The van der Waals surface area contributed by atoms with Crippen molar-refractivity contribution in [1.29, 1.82) is 0 Å². The van der Waals surface area contributed by atoms with Gasteiger partial charge in [0.1, 0.15) is 5.69 Å². The Morgan fingerprint density at radius 3 is 2.70 bits per heavy atom. The number of hydrazone groups is 1. The maximum atomic E-state index is 11.6. The van der Waals surface area contributed by atoms with E-state index in [1.165, 1.54) is 13.2 Å². The summed E-state index contributed by atoms with van der Waals surface area (Å²) in [5, 5.41) is 25.8. The fourth-order valence-electron chi connectivity index (χ4n) is 2.37. The molecule has 0 aromatic heterocycles. The van der Waals surface area contributed by atoms with E-state index in [1.807, 2.05) is 0 Å². The van der Waals surface area contributed by atoms with Gasteiger partial charge in [0.15, 0.2) is 0 Å². The second-order valence-corrected chi connectivity index (χ2v) is 4.90. The van der Waals surface area contributed by atoms with Crippen molar-refractivity contribution in [2.75, 3.05) is 12.5 Å². The lowest BCUT2D eigenvalue weighted by atomic mass is 10.1. The van der Waals surface area contributed by atoms with E-state index < -0.39 is 27.4 Å². The van der Waals surface area contributed by atoms with Gasteiger partial charge in [0.2, 0.25) is 0 Å². The molecule has 1 N–H and O–H groups in total. The fourth-order valence-corrected chi connectivity index (χ4v) is 2.37. The van der Waals surface area contributed by atoms with Crippen molar-refractivity contribution in [1.82, 2.24) is 0 Å². The molecule has 0 heterocycles. The average molecular weight is 322 g/mol. The number of hydrogen-bond donors (Lipinski definition) is 1. The minimum atomic E-state index is -0.734. The maximum Gasteiger partial charge on any atom is 0.314 e. The summed E-state index contributed by atoms with van der Waals surface area (Å²) in [6, 6.07) is 3.21. The number of carbonyl (C=O) groups excluding carboxylic acids is 1. The first-order valence-electron chi connectivity index (χ1n) is 6.77. The Balaban J connectivity index is 2.26. The summed E-state index contributed by atoms with van der Waals surface area (Å²) in [6.07, 6.45) is 1.95. The van der Waals surface area contributed by atoms with Gasteiger partial charge in [-0.1, -0.05) is 0 Å². The third-order valence-electron chi connectivity index (χ3n) is 3.52. The van der Waals surface area contributed by atoms with E-state index in [4.69, 9.17) is 0 Å². The molecule has 1 aliphatic carbocycles. The SMILES string of the molecule is COC(=O)[C@H]1CCC/C1=N\Nc1ccc([N+](=O)[O-])cc1[N+](=O)[O-]. The molecular formula is C13H14N4O6. The van der Waals surface area contributed by atoms with Gasteiger partial charge in [-0.2, -0.15) is 5.10 Å². The normalized spacial score (nSPS) is 18.7. The van der Waals surface area contributed by atoms with Crippen LogP contribution in [0.2, 0.25) is 0 Å². The van der Waals surface area contributed by atoms with Crippen molar-refractivity contribution in [3.8, 4) is 0 Å². The van der Waals surface area contributed by atoms with Gasteiger partial charge in [-0.15, -0.1) is 0 Å². The van der Waals surface area contributed by atoms with Crippen LogP contribution in [-0.4, -0.2) is 28.6 Å². The van der Waals surface area contributed by atoms with Crippen LogP contribution in [0.5, 0.6) is 0 Å². The van der Waals surface area contributed by atoms with Crippen LogP contribution in [0.15, 0.2) is 23.3 Å². The smallest absolute Gasteiger partial charge is 0.314 e. The first-order valence-corrected chi connectivity index (χ1v) is 6.77. The number of non-ortho nitro benzene ring substituents is 1. The van der Waals surface area contributed by atoms with Crippen LogP contribution >= 0.6 is 0 Å². The maximum absolute atomic E-state index is 11.6. The summed E-state index contributed by atoms with van der Waals surface area (Å²) in [7, 11) is 1.28. The minimum Gasteiger partial charge on any atom is -0.469 e. The molecule has 0 aliphatic heterocycles. The van der Waals surface area contributed by atoms with Crippen LogP contribution in [0.3, 0.4) is 0 Å². The topological polar surface area (TPSA) is 137 Å². The number of nitro benzene ring substituents is 2. The third kappa shape index (κ3) is 3.59. The Hall–Kier alpha value is -3.04. The Morgan fingerprint density at radius 2 is 2.09 bits per heavy atom. The van der Waals surface area contributed by atoms with Gasteiger partial charge in [-0.25, -0.2) is 0 Å². The van der Waals surface area contributed by atoms with Gasteiger partial charge in [0.05, 0.1) is 34.7 Å². The Labute approximate surface area is 130 Å². The molecule has 0 unspecified atom stereocenters. The molecule has 0 bridgehead atoms. The predicted octanol–water partition coefficient (Wildman–Crippen LogP) is 2.24. The number of nitrogens with one attached hydrogen (secondary N) is 1. The molecule has 1 atom stereocenters. The minimum absolute atomic E-state index is 0.0172. The van der Waals surface area contributed by atoms with Gasteiger partial charge < -0.3 is 4.74 Å². The molecule has 1 saturated carbocycles. The molecule has 122 valence electrons. The number of rotatable bonds is 5. The van der Waals surface area contributed by atoms with E-state index in [-0.39, 0.29) is 11.4 Å². The molecule has 1 aromatic carbocycles. The van der Waals surface area contributed by atoms with Crippen LogP contribution in [-0.2, 0) is 9.53 Å². The van der Waals surface area contributed by atoms with Crippen molar-refractivity contribution in [3.05, 3.63) is 38.4 Å². The number of benzene rings is 1. The van der Waals surface area contributed by atoms with Gasteiger partial charge in [-0.3, -0.25) is 30.4 Å². The Morgan fingerprint density at radius 1 is 1.35 bits per heavy atom. The number of nitro groups is 2. The van der Waals surface area contributed by atoms with E-state index in [1.54, 1.807) is 0 Å². The number of esters is 1. The highest BCUT2D eigenvalue weighted by Gasteiger charge is 2.30. The number of hydrogen-bond acceptors (Lipinski definition) is 8. The van der Waals surface area contributed by atoms with Crippen LogP contribution in [0.25, 0.3) is 0 Å². The summed E-state index contributed by atoms with van der Waals surface area (Å²) in [5.74, 6) is -0.870. The highest BCUT2D eigenvalue weighted by molar-refractivity contribution is 6.03. The van der Waals surface area contributed by atoms with Gasteiger partial charge >= 0.3 is 11.7 Å². The Kier molecular flexibility index (Phi) is 4.84. The molecule has 1 aromatic rings. The third-order valence-corrected chi connectivity index (χ3v) is 3.52. The summed E-state index contributed by atoms with van der Waals surface area (Å²) >= 11 is 0. The van der Waals surface area contributed by atoms with Crippen LogP contribution in [0, 0.1) is 26.1 Å². The molecule has 10 nitrogen and oxygen atoms in total. The molecule has 0 radical (unpaired) electrons. The largest absolute Gasteiger partial charge is 0.469 e. The summed E-state index contributed by atoms with van der Waals surface area (Å²) in [5.41, 5.74) is 2.24. The molecule has 0 amide bonds.